The molecule has 0 bridgehead atoms. The van der Waals surface area contributed by atoms with Crippen LogP contribution in [-0.4, -0.2) is 16.0 Å². The second-order valence-electron chi connectivity index (χ2n) is 5.94. The zero-order chi connectivity index (χ0) is 17.5. The molecule has 1 aromatic carbocycles. The maximum Gasteiger partial charge on any atom is 0.248 e. The molecule has 0 radical (unpaired) electrons. The van der Waals surface area contributed by atoms with Crippen molar-refractivity contribution in [2.75, 3.05) is 10.6 Å². The summed E-state index contributed by atoms with van der Waals surface area (Å²) in [7, 11) is 0. The number of amides is 1. The molecule has 6 heteroatoms. The van der Waals surface area contributed by atoms with E-state index in [0.717, 1.165) is 42.0 Å². The van der Waals surface area contributed by atoms with Crippen LogP contribution in [-0.2, 0) is 11.2 Å². The van der Waals surface area contributed by atoms with Crippen molar-refractivity contribution in [3.8, 4) is 0 Å². The first-order chi connectivity index (χ1) is 11.5. The first-order valence-corrected chi connectivity index (χ1v) is 8.53. The first kappa shape index (κ1) is 18.0. The van der Waals surface area contributed by atoms with Crippen LogP contribution in [0.2, 0.25) is 0 Å². The summed E-state index contributed by atoms with van der Waals surface area (Å²) in [5, 5.41) is 10.3. The fraction of sp³-hybridized carbons (Fsp3) is 0.500. The van der Waals surface area contributed by atoms with E-state index in [0.29, 0.717) is 12.3 Å². The maximum atomic E-state index is 11.8. The van der Waals surface area contributed by atoms with Crippen molar-refractivity contribution >= 4 is 17.3 Å². The molecule has 0 spiro atoms. The van der Waals surface area contributed by atoms with Crippen molar-refractivity contribution in [3.63, 3.8) is 0 Å². The van der Waals surface area contributed by atoms with Gasteiger partial charge in [0.25, 0.3) is 0 Å². The number of benzene rings is 1. The molecular weight excluding hydrogens is 304 g/mol. The fourth-order valence-electron chi connectivity index (χ4n) is 2.43. The van der Waals surface area contributed by atoms with Crippen LogP contribution in [0, 0.1) is 6.92 Å². The summed E-state index contributed by atoms with van der Waals surface area (Å²) in [6, 6.07) is 5.69. The number of aromatic nitrogens is 2. The highest BCUT2D eigenvalue weighted by Gasteiger charge is 2.15. The number of anilines is 2. The van der Waals surface area contributed by atoms with Gasteiger partial charge >= 0.3 is 0 Å². The Morgan fingerprint density at radius 2 is 2.00 bits per heavy atom. The highest BCUT2D eigenvalue weighted by Crippen LogP contribution is 2.27. The number of nitrogens with one attached hydrogen (secondary N) is 2. The molecule has 0 fully saturated rings. The Hall–Kier alpha value is -2.37. The minimum Gasteiger partial charge on any atom is -0.374 e. The summed E-state index contributed by atoms with van der Waals surface area (Å²) in [6.07, 6.45) is 3.15. The third kappa shape index (κ3) is 4.57. The molecule has 130 valence electrons. The van der Waals surface area contributed by atoms with E-state index in [4.69, 9.17) is 4.52 Å². The number of carbonyl (C=O) groups is 1. The molecule has 2 rings (SSSR count). The van der Waals surface area contributed by atoms with Gasteiger partial charge in [0.15, 0.2) is 5.82 Å². The molecule has 0 aliphatic rings. The van der Waals surface area contributed by atoms with Crippen molar-refractivity contribution < 1.29 is 9.32 Å². The van der Waals surface area contributed by atoms with Gasteiger partial charge in [-0.05, 0) is 44.4 Å². The molecule has 1 atom stereocenters. The lowest BCUT2D eigenvalue weighted by atomic mass is 10.1. The lowest BCUT2D eigenvalue weighted by Gasteiger charge is -2.16. The molecular formula is C18H26N4O2. The van der Waals surface area contributed by atoms with Gasteiger partial charge in [0.1, 0.15) is 6.04 Å². The second kappa shape index (κ2) is 8.47. The lowest BCUT2D eigenvalue weighted by Crippen LogP contribution is -2.13. The third-order valence-corrected chi connectivity index (χ3v) is 3.78. The normalized spacial score (nSPS) is 12.0. The third-order valence-electron chi connectivity index (χ3n) is 3.78. The van der Waals surface area contributed by atoms with Gasteiger partial charge < -0.3 is 15.2 Å². The van der Waals surface area contributed by atoms with E-state index in [1.807, 2.05) is 39.0 Å². The quantitative estimate of drug-likeness (QED) is 0.756. The molecule has 1 unspecified atom stereocenters. The summed E-state index contributed by atoms with van der Waals surface area (Å²) < 4.78 is 5.32. The van der Waals surface area contributed by atoms with Gasteiger partial charge in [-0.2, -0.15) is 4.98 Å². The average Bonchev–Trinajstić information content (AvgIpc) is 3.00. The fourth-order valence-corrected chi connectivity index (χ4v) is 2.43. The van der Waals surface area contributed by atoms with Crippen molar-refractivity contribution in [2.45, 2.75) is 59.4 Å². The molecule has 1 amide bonds. The van der Waals surface area contributed by atoms with Crippen LogP contribution < -0.4 is 10.6 Å². The van der Waals surface area contributed by atoms with E-state index in [-0.39, 0.29) is 11.9 Å². The SMILES string of the molecule is CCCC(=O)Nc1cccc(NC(C)c2nc(CCC)no2)c1C. The Morgan fingerprint density at radius 3 is 2.71 bits per heavy atom. The first-order valence-electron chi connectivity index (χ1n) is 8.53. The molecule has 0 saturated heterocycles. The van der Waals surface area contributed by atoms with Crippen molar-refractivity contribution in [2.24, 2.45) is 0 Å². The lowest BCUT2D eigenvalue weighted by molar-refractivity contribution is -0.116. The Kier molecular flexibility index (Phi) is 6.35. The summed E-state index contributed by atoms with van der Waals surface area (Å²) in [4.78, 5) is 16.2. The highest BCUT2D eigenvalue weighted by atomic mass is 16.5. The molecule has 0 aliphatic heterocycles. The molecule has 2 N–H and O–H groups in total. The minimum absolute atomic E-state index is 0.0342. The van der Waals surface area contributed by atoms with Gasteiger partial charge in [-0.25, -0.2) is 0 Å². The van der Waals surface area contributed by atoms with Crippen molar-refractivity contribution in [1.82, 2.24) is 10.1 Å². The minimum atomic E-state index is -0.108. The van der Waals surface area contributed by atoms with Gasteiger partial charge in [0.2, 0.25) is 11.8 Å². The standard InChI is InChI=1S/C18H26N4O2/c1-5-8-16-21-18(24-22-16)13(4)19-14-10-7-11-15(12(14)3)20-17(23)9-6-2/h7,10-11,13,19H,5-6,8-9H2,1-4H3,(H,20,23). The number of nitrogens with zero attached hydrogens (tertiary/aromatic N) is 2. The predicted molar refractivity (Wildman–Crippen MR) is 95.0 cm³/mol. The molecule has 1 aromatic heterocycles. The van der Waals surface area contributed by atoms with Gasteiger partial charge in [0.05, 0.1) is 0 Å². The van der Waals surface area contributed by atoms with E-state index in [9.17, 15) is 4.79 Å². The van der Waals surface area contributed by atoms with Crippen LogP contribution in [0.1, 0.15) is 63.4 Å². The van der Waals surface area contributed by atoms with E-state index < -0.39 is 0 Å². The van der Waals surface area contributed by atoms with E-state index in [1.54, 1.807) is 0 Å². The topological polar surface area (TPSA) is 80.0 Å². The highest BCUT2D eigenvalue weighted by molar-refractivity contribution is 5.92. The van der Waals surface area contributed by atoms with Crippen LogP contribution >= 0.6 is 0 Å². The molecule has 0 saturated carbocycles. The van der Waals surface area contributed by atoms with Gasteiger partial charge in [-0.3, -0.25) is 4.79 Å². The Labute approximate surface area is 143 Å². The number of hydrogen-bond donors (Lipinski definition) is 2. The summed E-state index contributed by atoms with van der Waals surface area (Å²) in [5.41, 5.74) is 2.75. The Balaban J connectivity index is 2.09. The van der Waals surface area contributed by atoms with Crippen LogP contribution in [0.25, 0.3) is 0 Å². The van der Waals surface area contributed by atoms with Gasteiger partial charge in [0, 0.05) is 24.2 Å². The zero-order valence-electron chi connectivity index (χ0n) is 14.8. The van der Waals surface area contributed by atoms with Crippen LogP contribution in [0.4, 0.5) is 11.4 Å². The average molecular weight is 330 g/mol. The van der Waals surface area contributed by atoms with Crippen molar-refractivity contribution in [1.29, 1.82) is 0 Å². The second-order valence-corrected chi connectivity index (χ2v) is 5.94. The Bertz CT molecular complexity index is 681. The van der Waals surface area contributed by atoms with Gasteiger partial charge in [-0.1, -0.05) is 25.1 Å². The molecule has 0 aliphatic carbocycles. The molecule has 6 nitrogen and oxygen atoms in total. The Morgan fingerprint density at radius 1 is 1.25 bits per heavy atom. The largest absolute Gasteiger partial charge is 0.374 e. The van der Waals surface area contributed by atoms with Crippen LogP contribution in [0.5, 0.6) is 0 Å². The monoisotopic (exact) mass is 330 g/mol. The smallest absolute Gasteiger partial charge is 0.248 e. The molecule has 2 aromatic rings. The number of carbonyl (C=O) groups excluding carboxylic acids is 1. The molecule has 24 heavy (non-hydrogen) atoms. The maximum absolute atomic E-state index is 11.8. The van der Waals surface area contributed by atoms with E-state index in [1.165, 1.54) is 0 Å². The number of rotatable bonds is 8. The summed E-state index contributed by atoms with van der Waals surface area (Å²) >= 11 is 0. The number of hydrogen-bond acceptors (Lipinski definition) is 5. The van der Waals surface area contributed by atoms with Crippen molar-refractivity contribution in [3.05, 3.63) is 35.5 Å². The van der Waals surface area contributed by atoms with E-state index in [2.05, 4.69) is 27.7 Å². The summed E-state index contributed by atoms with van der Waals surface area (Å²) in [5.74, 6) is 1.34. The van der Waals surface area contributed by atoms with Crippen LogP contribution in [0.3, 0.4) is 0 Å². The zero-order valence-corrected chi connectivity index (χ0v) is 14.8. The van der Waals surface area contributed by atoms with Gasteiger partial charge in [-0.15, -0.1) is 0 Å². The number of aryl methyl sites for hydroxylation is 1. The summed E-state index contributed by atoms with van der Waals surface area (Å²) in [6.45, 7) is 8.03. The van der Waals surface area contributed by atoms with E-state index >= 15 is 0 Å². The molecule has 1 heterocycles. The van der Waals surface area contributed by atoms with Crippen LogP contribution in [0.15, 0.2) is 22.7 Å². The predicted octanol–water partition coefficient (Wildman–Crippen LogP) is 4.24.